The van der Waals surface area contributed by atoms with Crippen molar-refractivity contribution in [3.8, 4) is 11.5 Å². The van der Waals surface area contributed by atoms with Crippen molar-refractivity contribution in [1.82, 2.24) is 5.32 Å². The highest BCUT2D eigenvalue weighted by atomic mass is 35.5. The smallest absolute Gasteiger partial charge is 0.331 e. The maximum atomic E-state index is 11.8. The highest BCUT2D eigenvalue weighted by Gasteiger charge is 2.25. The average Bonchev–Trinajstić information content (AvgIpc) is 3.01. The van der Waals surface area contributed by atoms with Crippen LogP contribution in [-0.2, 0) is 19.1 Å². The third-order valence-electron chi connectivity index (χ3n) is 3.18. The number of amidine groups is 1. The van der Waals surface area contributed by atoms with Gasteiger partial charge in [-0.2, -0.15) is 5.10 Å². The van der Waals surface area contributed by atoms with E-state index >= 15 is 0 Å². The Morgan fingerprint density at radius 3 is 2.69 bits per heavy atom. The van der Waals surface area contributed by atoms with E-state index in [4.69, 9.17) is 26.8 Å². The SMILES string of the molecule is CCOc1cc(C=N/N=C2/NC(=O)/C(=C\C(=O)OC)S2)c(Cl)cc1OCC(N)=O. The number of halogens is 1. The van der Waals surface area contributed by atoms with Gasteiger partial charge in [0.15, 0.2) is 23.3 Å². The number of thioether (sulfide) groups is 1. The fourth-order valence-corrected chi connectivity index (χ4v) is 2.91. The summed E-state index contributed by atoms with van der Waals surface area (Å²) >= 11 is 7.14. The van der Waals surface area contributed by atoms with Crippen molar-refractivity contribution in [2.24, 2.45) is 15.9 Å². The molecule has 1 heterocycles. The number of primary amides is 1. The van der Waals surface area contributed by atoms with Crippen LogP contribution in [0, 0.1) is 0 Å². The Labute approximate surface area is 175 Å². The van der Waals surface area contributed by atoms with E-state index in [1.807, 2.05) is 0 Å². The first kappa shape index (κ1) is 22.2. The van der Waals surface area contributed by atoms with Crippen LogP contribution in [0.25, 0.3) is 0 Å². The Bertz CT molecular complexity index is 915. The van der Waals surface area contributed by atoms with Crippen LogP contribution in [0.2, 0.25) is 5.02 Å². The van der Waals surface area contributed by atoms with Crippen LogP contribution in [0.15, 0.2) is 33.3 Å². The van der Waals surface area contributed by atoms with E-state index in [-0.39, 0.29) is 27.5 Å². The van der Waals surface area contributed by atoms with Crippen LogP contribution in [-0.4, -0.2) is 49.5 Å². The first-order valence-electron chi connectivity index (χ1n) is 8.11. The Balaban J connectivity index is 2.17. The largest absolute Gasteiger partial charge is 0.490 e. The van der Waals surface area contributed by atoms with Gasteiger partial charge in [0, 0.05) is 17.7 Å². The van der Waals surface area contributed by atoms with Gasteiger partial charge in [-0.25, -0.2) is 4.79 Å². The Kier molecular flexibility index (Phi) is 8.04. The minimum Gasteiger partial charge on any atom is -0.490 e. The molecule has 3 N–H and O–H groups in total. The molecular weight excluding hydrogens is 424 g/mol. The predicted octanol–water partition coefficient (Wildman–Crippen LogP) is 1.21. The van der Waals surface area contributed by atoms with Gasteiger partial charge in [0.2, 0.25) is 0 Å². The number of hydrogen-bond acceptors (Lipinski definition) is 9. The summed E-state index contributed by atoms with van der Waals surface area (Å²) in [5.74, 6) is -1.17. The van der Waals surface area contributed by atoms with Gasteiger partial charge in [0.1, 0.15) is 0 Å². The summed E-state index contributed by atoms with van der Waals surface area (Å²) in [5, 5.41) is 10.7. The average molecular weight is 441 g/mol. The number of benzene rings is 1. The van der Waals surface area contributed by atoms with Crippen molar-refractivity contribution < 1.29 is 28.6 Å². The van der Waals surface area contributed by atoms with Gasteiger partial charge in [-0.3, -0.25) is 14.9 Å². The summed E-state index contributed by atoms with van der Waals surface area (Å²) in [6.45, 7) is 1.81. The fraction of sp³-hybridized carbons (Fsp3) is 0.235. The second kappa shape index (κ2) is 10.5. The third kappa shape index (κ3) is 6.50. The number of methoxy groups -OCH3 is 1. The van der Waals surface area contributed by atoms with Gasteiger partial charge >= 0.3 is 5.97 Å². The number of hydrogen-bond donors (Lipinski definition) is 2. The van der Waals surface area contributed by atoms with Crippen LogP contribution in [0.1, 0.15) is 12.5 Å². The van der Waals surface area contributed by atoms with E-state index in [0.717, 1.165) is 17.8 Å². The molecule has 0 unspecified atom stereocenters. The van der Waals surface area contributed by atoms with Crippen LogP contribution in [0.4, 0.5) is 0 Å². The van der Waals surface area contributed by atoms with E-state index in [1.54, 1.807) is 13.0 Å². The van der Waals surface area contributed by atoms with E-state index < -0.39 is 17.8 Å². The number of amides is 2. The number of esters is 1. The van der Waals surface area contributed by atoms with E-state index in [2.05, 4.69) is 20.3 Å². The Morgan fingerprint density at radius 2 is 2.03 bits per heavy atom. The Hall–Kier alpha value is -3.05. The van der Waals surface area contributed by atoms with Crippen molar-refractivity contribution in [3.05, 3.63) is 33.7 Å². The lowest BCUT2D eigenvalue weighted by molar-refractivity contribution is -0.135. The fourth-order valence-electron chi connectivity index (χ4n) is 1.96. The number of ether oxygens (including phenoxy) is 3. The molecule has 1 aromatic carbocycles. The minimum atomic E-state index is -0.652. The molecule has 10 nitrogen and oxygen atoms in total. The molecule has 12 heteroatoms. The van der Waals surface area contributed by atoms with Gasteiger partial charge in [-0.05, 0) is 24.8 Å². The molecule has 1 fully saturated rings. The topological polar surface area (TPSA) is 142 Å². The number of carbonyl (C=O) groups is 3. The molecule has 1 aliphatic rings. The molecule has 0 spiro atoms. The number of nitrogens with one attached hydrogen (secondary N) is 1. The lowest BCUT2D eigenvalue weighted by Crippen LogP contribution is -2.20. The highest BCUT2D eigenvalue weighted by molar-refractivity contribution is 8.18. The molecule has 2 amide bonds. The summed E-state index contributed by atoms with van der Waals surface area (Å²) in [5.41, 5.74) is 5.54. The molecule has 0 atom stereocenters. The maximum absolute atomic E-state index is 11.8. The minimum absolute atomic E-state index is 0.137. The van der Waals surface area contributed by atoms with Gasteiger partial charge in [0.05, 0.1) is 29.9 Å². The first-order valence-corrected chi connectivity index (χ1v) is 9.30. The molecule has 0 bridgehead atoms. The van der Waals surface area contributed by atoms with Gasteiger partial charge in [-0.1, -0.05) is 11.6 Å². The molecule has 29 heavy (non-hydrogen) atoms. The first-order chi connectivity index (χ1) is 13.8. The van der Waals surface area contributed by atoms with E-state index in [1.165, 1.54) is 19.4 Å². The molecule has 154 valence electrons. The number of nitrogens with zero attached hydrogens (tertiary/aromatic N) is 2. The second-order valence-electron chi connectivity index (χ2n) is 5.25. The van der Waals surface area contributed by atoms with Crippen LogP contribution in [0.5, 0.6) is 11.5 Å². The van der Waals surface area contributed by atoms with Crippen LogP contribution in [0.3, 0.4) is 0 Å². The molecule has 0 aromatic heterocycles. The van der Waals surface area contributed by atoms with Gasteiger partial charge < -0.3 is 19.9 Å². The summed E-state index contributed by atoms with van der Waals surface area (Å²) in [6, 6.07) is 3.03. The molecule has 1 aromatic rings. The van der Waals surface area contributed by atoms with Gasteiger partial charge in [-0.15, -0.1) is 5.10 Å². The van der Waals surface area contributed by atoms with E-state index in [9.17, 15) is 14.4 Å². The number of carbonyl (C=O) groups excluding carboxylic acids is 3. The van der Waals surface area contributed by atoms with Crippen LogP contribution < -0.4 is 20.5 Å². The summed E-state index contributed by atoms with van der Waals surface area (Å²) < 4.78 is 15.2. The van der Waals surface area contributed by atoms with E-state index in [0.29, 0.717) is 17.9 Å². The molecule has 1 saturated heterocycles. The normalized spacial score (nSPS) is 16.3. The quantitative estimate of drug-likeness (QED) is 0.268. The highest BCUT2D eigenvalue weighted by Crippen LogP contribution is 2.33. The molecule has 0 saturated carbocycles. The Morgan fingerprint density at radius 1 is 1.31 bits per heavy atom. The zero-order valence-corrected chi connectivity index (χ0v) is 17.0. The zero-order valence-electron chi connectivity index (χ0n) is 15.4. The van der Waals surface area contributed by atoms with Crippen molar-refractivity contribution in [2.45, 2.75) is 6.92 Å². The molecule has 1 aliphatic heterocycles. The summed E-state index contributed by atoms with van der Waals surface area (Å²) in [6.07, 6.45) is 2.41. The predicted molar refractivity (Wildman–Crippen MR) is 108 cm³/mol. The molecule has 2 rings (SSSR count). The standard InChI is InChI=1S/C17H17ClN4O6S/c1-3-27-11-4-9(10(18)5-12(11)28-8-14(19)23)7-20-22-17-21-16(25)13(29-17)6-15(24)26-2/h4-7H,3,8H2,1-2H3,(H2,19,23)(H,21,22,25)/b13-6+,20-7?. The van der Waals surface area contributed by atoms with Crippen molar-refractivity contribution in [3.63, 3.8) is 0 Å². The lowest BCUT2D eigenvalue weighted by atomic mass is 10.2. The van der Waals surface area contributed by atoms with Crippen LogP contribution >= 0.6 is 23.4 Å². The summed E-state index contributed by atoms with van der Waals surface area (Å²) in [7, 11) is 1.21. The number of rotatable bonds is 8. The van der Waals surface area contributed by atoms with Crippen molar-refractivity contribution in [2.75, 3.05) is 20.3 Å². The second-order valence-corrected chi connectivity index (χ2v) is 6.68. The van der Waals surface area contributed by atoms with Crippen molar-refractivity contribution in [1.29, 1.82) is 0 Å². The zero-order chi connectivity index (χ0) is 21.4. The van der Waals surface area contributed by atoms with Gasteiger partial charge in [0.25, 0.3) is 11.8 Å². The summed E-state index contributed by atoms with van der Waals surface area (Å²) in [4.78, 5) is 34.0. The maximum Gasteiger partial charge on any atom is 0.331 e. The molecular formula is C17H17ClN4O6S. The third-order valence-corrected chi connectivity index (χ3v) is 4.41. The van der Waals surface area contributed by atoms with Crippen molar-refractivity contribution >= 4 is 52.5 Å². The molecule has 0 aliphatic carbocycles. The monoisotopic (exact) mass is 440 g/mol. The molecule has 0 radical (unpaired) electrons. The number of nitrogens with two attached hydrogens (primary N) is 1. The lowest BCUT2D eigenvalue weighted by Gasteiger charge is -2.12.